The van der Waals surface area contributed by atoms with Crippen LogP contribution in [0.5, 0.6) is 5.75 Å². The third-order valence-electron chi connectivity index (χ3n) is 3.58. The smallest absolute Gasteiger partial charge is 0.277 e. The first-order chi connectivity index (χ1) is 11.1. The van der Waals surface area contributed by atoms with Crippen molar-refractivity contribution in [2.75, 3.05) is 0 Å². The Hall–Kier alpha value is -2.85. The molecule has 0 atom stereocenters. The van der Waals surface area contributed by atoms with E-state index in [-0.39, 0.29) is 11.4 Å². The van der Waals surface area contributed by atoms with Crippen molar-refractivity contribution in [1.82, 2.24) is 0 Å². The Balaban J connectivity index is 2.39. The second-order valence-electron chi connectivity index (χ2n) is 4.95. The largest absolute Gasteiger partial charge is 0.507 e. The summed E-state index contributed by atoms with van der Waals surface area (Å²) in [5.74, 6) is 0.0568. The highest BCUT2D eigenvalue weighted by Crippen LogP contribution is 2.43. The molecule has 4 nitrogen and oxygen atoms in total. The number of halogens is 1. The van der Waals surface area contributed by atoms with Gasteiger partial charge < -0.3 is 5.11 Å². The minimum absolute atomic E-state index is 0.0566. The number of aromatic hydroxyl groups is 1. The van der Waals surface area contributed by atoms with Gasteiger partial charge in [-0.2, -0.15) is 0 Å². The summed E-state index contributed by atoms with van der Waals surface area (Å²) in [6.45, 7) is 0. The Morgan fingerprint density at radius 3 is 2.09 bits per heavy atom. The van der Waals surface area contributed by atoms with Crippen LogP contribution < -0.4 is 0 Å². The highest BCUT2D eigenvalue weighted by atomic mass is 35.5. The molecule has 0 amide bonds. The molecule has 0 aliphatic rings. The van der Waals surface area contributed by atoms with Gasteiger partial charge in [0.15, 0.2) is 0 Å². The predicted molar refractivity (Wildman–Crippen MR) is 90.6 cm³/mol. The van der Waals surface area contributed by atoms with Crippen molar-refractivity contribution in [1.29, 1.82) is 0 Å². The number of phenolic OH excluding ortho intramolecular Hbond substituents is 1. The van der Waals surface area contributed by atoms with E-state index in [0.29, 0.717) is 27.3 Å². The van der Waals surface area contributed by atoms with Gasteiger partial charge in [0.05, 0.1) is 10.5 Å². The molecule has 3 rings (SSSR count). The Labute approximate surface area is 137 Å². The van der Waals surface area contributed by atoms with Crippen LogP contribution in [0.25, 0.3) is 22.3 Å². The van der Waals surface area contributed by atoms with Crippen LogP contribution in [0.2, 0.25) is 5.02 Å². The van der Waals surface area contributed by atoms with Crippen molar-refractivity contribution in [2.45, 2.75) is 0 Å². The van der Waals surface area contributed by atoms with Gasteiger partial charge in [0.25, 0.3) is 5.69 Å². The predicted octanol–water partition coefficient (Wildman–Crippen LogP) is 5.29. The highest BCUT2D eigenvalue weighted by molar-refractivity contribution is 6.33. The van der Waals surface area contributed by atoms with Gasteiger partial charge in [-0.25, -0.2) is 0 Å². The summed E-state index contributed by atoms with van der Waals surface area (Å²) in [5, 5.41) is 22.0. The van der Waals surface area contributed by atoms with Crippen LogP contribution in [0.15, 0.2) is 66.7 Å². The number of hydrogen-bond acceptors (Lipinski definition) is 3. The third kappa shape index (κ3) is 2.76. The van der Waals surface area contributed by atoms with Crippen LogP contribution in [-0.4, -0.2) is 10.0 Å². The summed E-state index contributed by atoms with van der Waals surface area (Å²) >= 11 is 6.25. The molecule has 3 aromatic carbocycles. The fourth-order valence-electron chi connectivity index (χ4n) is 2.57. The van der Waals surface area contributed by atoms with Crippen molar-refractivity contribution in [2.24, 2.45) is 0 Å². The van der Waals surface area contributed by atoms with Crippen LogP contribution in [0.1, 0.15) is 0 Å². The van der Waals surface area contributed by atoms with E-state index in [4.69, 9.17) is 11.6 Å². The number of hydrogen-bond donors (Lipinski definition) is 1. The van der Waals surface area contributed by atoms with Gasteiger partial charge in [0.2, 0.25) is 0 Å². The number of nitro benzene ring substituents is 1. The molecular weight excluding hydrogens is 314 g/mol. The molecule has 0 heterocycles. The van der Waals surface area contributed by atoms with E-state index in [1.54, 1.807) is 60.7 Å². The third-order valence-corrected chi connectivity index (χ3v) is 3.91. The van der Waals surface area contributed by atoms with E-state index in [0.717, 1.165) is 0 Å². The van der Waals surface area contributed by atoms with E-state index in [9.17, 15) is 15.2 Å². The normalized spacial score (nSPS) is 10.5. The van der Waals surface area contributed by atoms with Crippen LogP contribution >= 0.6 is 11.6 Å². The van der Waals surface area contributed by atoms with E-state index >= 15 is 0 Å². The summed E-state index contributed by atoms with van der Waals surface area (Å²) < 4.78 is 0. The number of para-hydroxylation sites is 1. The number of rotatable bonds is 3. The second kappa shape index (κ2) is 6.10. The van der Waals surface area contributed by atoms with Gasteiger partial charge in [0.1, 0.15) is 5.75 Å². The molecule has 1 N–H and O–H groups in total. The second-order valence-corrected chi connectivity index (χ2v) is 5.36. The van der Waals surface area contributed by atoms with Crippen LogP contribution in [-0.2, 0) is 0 Å². The Kier molecular flexibility index (Phi) is 4.00. The van der Waals surface area contributed by atoms with Crippen molar-refractivity contribution < 1.29 is 10.0 Å². The van der Waals surface area contributed by atoms with Crippen LogP contribution in [0.3, 0.4) is 0 Å². The zero-order chi connectivity index (χ0) is 16.4. The maximum Gasteiger partial charge on any atom is 0.277 e. The lowest BCUT2D eigenvalue weighted by Crippen LogP contribution is -1.95. The minimum atomic E-state index is -0.442. The van der Waals surface area contributed by atoms with Crippen molar-refractivity contribution >= 4 is 17.3 Å². The first kappa shape index (κ1) is 15.1. The van der Waals surface area contributed by atoms with Gasteiger partial charge in [-0.15, -0.1) is 0 Å². The summed E-state index contributed by atoms with van der Waals surface area (Å²) in [5.41, 5.74) is 1.97. The Morgan fingerprint density at radius 2 is 1.43 bits per heavy atom. The molecule has 0 aliphatic heterocycles. The Bertz CT molecular complexity index is 893. The lowest BCUT2D eigenvalue weighted by atomic mass is 9.92. The summed E-state index contributed by atoms with van der Waals surface area (Å²) in [4.78, 5) is 11.0. The number of nitro groups is 1. The monoisotopic (exact) mass is 325 g/mol. The zero-order valence-electron chi connectivity index (χ0n) is 11.9. The van der Waals surface area contributed by atoms with Crippen LogP contribution in [0, 0.1) is 10.1 Å². The molecule has 114 valence electrons. The van der Waals surface area contributed by atoms with Gasteiger partial charge in [-0.1, -0.05) is 60.1 Å². The fraction of sp³-hybridized carbons (Fsp3) is 0. The lowest BCUT2D eigenvalue weighted by molar-refractivity contribution is -0.384. The average Bonchev–Trinajstić information content (AvgIpc) is 2.55. The minimum Gasteiger partial charge on any atom is -0.507 e. The van der Waals surface area contributed by atoms with E-state index < -0.39 is 4.92 Å². The van der Waals surface area contributed by atoms with Gasteiger partial charge in [-0.3, -0.25) is 10.1 Å². The molecule has 0 aromatic heterocycles. The molecule has 3 aromatic rings. The number of nitrogens with zero attached hydrogens (tertiary/aromatic N) is 1. The maximum absolute atomic E-state index is 11.5. The Morgan fingerprint density at radius 1 is 0.826 bits per heavy atom. The van der Waals surface area contributed by atoms with E-state index in [1.165, 1.54) is 6.07 Å². The molecule has 0 fully saturated rings. The summed E-state index contributed by atoms with van der Waals surface area (Å²) in [7, 11) is 0. The number of benzene rings is 3. The molecule has 0 unspecified atom stereocenters. The molecule has 0 saturated heterocycles. The molecule has 0 saturated carbocycles. The topological polar surface area (TPSA) is 63.4 Å². The van der Waals surface area contributed by atoms with E-state index in [1.807, 2.05) is 0 Å². The van der Waals surface area contributed by atoms with Crippen molar-refractivity contribution in [3.05, 3.63) is 81.9 Å². The van der Waals surface area contributed by atoms with E-state index in [2.05, 4.69) is 0 Å². The number of phenols is 1. The lowest BCUT2D eigenvalue weighted by Gasteiger charge is -2.13. The molecule has 5 heteroatoms. The summed E-state index contributed by atoms with van der Waals surface area (Å²) in [6, 6.07) is 18.4. The SMILES string of the molecule is O=[N+]([O-])c1cccc(-c2ccccc2O)c1-c1ccccc1Cl. The van der Waals surface area contributed by atoms with Gasteiger partial charge >= 0.3 is 0 Å². The van der Waals surface area contributed by atoms with Crippen LogP contribution in [0.4, 0.5) is 5.69 Å². The quantitative estimate of drug-likeness (QED) is 0.525. The molecule has 0 radical (unpaired) electrons. The fourth-order valence-corrected chi connectivity index (χ4v) is 2.80. The zero-order valence-corrected chi connectivity index (χ0v) is 12.7. The molecule has 0 bridgehead atoms. The molecule has 23 heavy (non-hydrogen) atoms. The standard InChI is InChI=1S/C18H12ClNO3/c19-15-9-3-1-7-14(15)18-13(8-5-10-16(18)20(22)23)12-6-2-4-11-17(12)21/h1-11,21H. The molecular formula is C18H12ClNO3. The molecule has 0 spiro atoms. The average molecular weight is 326 g/mol. The first-order valence-electron chi connectivity index (χ1n) is 6.90. The summed E-state index contributed by atoms with van der Waals surface area (Å²) in [6.07, 6.45) is 0. The van der Waals surface area contributed by atoms with Crippen molar-refractivity contribution in [3.8, 4) is 28.0 Å². The highest BCUT2D eigenvalue weighted by Gasteiger charge is 2.22. The first-order valence-corrected chi connectivity index (χ1v) is 7.28. The van der Waals surface area contributed by atoms with Crippen molar-refractivity contribution in [3.63, 3.8) is 0 Å². The maximum atomic E-state index is 11.5. The van der Waals surface area contributed by atoms with Gasteiger partial charge in [-0.05, 0) is 12.1 Å². The van der Waals surface area contributed by atoms with Gasteiger partial charge in [0, 0.05) is 27.8 Å². The molecule has 0 aliphatic carbocycles.